The fourth-order valence-electron chi connectivity index (χ4n) is 1.33. The minimum atomic E-state index is -1.05. The highest BCUT2D eigenvalue weighted by atomic mass is 79.9. The van der Waals surface area contributed by atoms with E-state index in [0.717, 1.165) is 10.0 Å². The maximum Gasteiger partial charge on any atom is 0.405 e. The van der Waals surface area contributed by atoms with Crippen LogP contribution in [0, 0.1) is 0 Å². The van der Waals surface area contributed by atoms with Crippen molar-refractivity contribution in [1.29, 1.82) is 0 Å². The fourth-order valence-corrected chi connectivity index (χ4v) is 1.75. The van der Waals surface area contributed by atoms with Crippen LogP contribution in [0.5, 0.6) is 0 Å². The topological polar surface area (TPSA) is 58.6 Å². The zero-order valence-electron chi connectivity index (χ0n) is 8.94. The van der Waals surface area contributed by atoms with Gasteiger partial charge >= 0.3 is 6.09 Å². The minimum Gasteiger partial charge on any atom is -0.465 e. The molecule has 0 aliphatic rings. The first kappa shape index (κ1) is 13.0. The molecule has 0 bridgehead atoms. The zero-order valence-corrected chi connectivity index (χ0v) is 10.5. The van der Waals surface area contributed by atoms with Crippen molar-refractivity contribution < 1.29 is 14.6 Å². The van der Waals surface area contributed by atoms with Crippen LogP contribution in [0.1, 0.15) is 18.5 Å². The third kappa shape index (κ3) is 4.20. The van der Waals surface area contributed by atoms with E-state index in [1.807, 2.05) is 31.2 Å². The molecular weight excluding hydrogens is 274 g/mol. The molecule has 0 aromatic heterocycles. The van der Waals surface area contributed by atoms with E-state index in [-0.39, 0.29) is 6.04 Å². The van der Waals surface area contributed by atoms with Crippen LogP contribution >= 0.6 is 15.9 Å². The third-order valence-electron chi connectivity index (χ3n) is 2.04. The molecule has 0 spiro atoms. The van der Waals surface area contributed by atoms with Gasteiger partial charge in [-0.05, 0) is 24.6 Å². The molecule has 4 nitrogen and oxygen atoms in total. The molecule has 1 unspecified atom stereocenters. The standard InChI is InChI=1S/C11H14BrNO3/c1-2-16-7-10(13-11(14)15)8-4-3-5-9(12)6-8/h3-6,10,13H,2,7H2,1H3,(H,14,15). The molecule has 0 heterocycles. The highest BCUT2D eigenvalue weighted by molar-refractivity contribution is 9.10. The van der Waals surface area contributed by atoms with E-state index in [9.17, 15) is 4.79 Å². The van der Waals surface area contributed by atoms with Crippen LogP contribution in [-0.2, 0) is 4.74 Å². The van der Waals surface area contributed by atoms with Gasteiger partial charge in [0.25, 0.3) is 0 Å². The minimum absolute atomic E-state index is 0.333. The Bertz CT molecular complexity index is 357. The Labute approximate surface area is 103 Å². The van der Waals surface area contributed by atoms with E-state index in [1.54, 1.807) is 0 Å². The Balaban J connectivity index is 2.78. The number of rotatable bonds is 5. The summed E-state index contributed by atoms with van der Waals surface area (Å²) >= 11 is 3.35. The molecular formula is C11H14BrNO3. The van der Waals surface area contributed by atoms with Crippen LogP contribution < -0.4 is 5.32 Å². The number of amides is 1. The summed E-state index contributed by atoms with van der Waals surface area (Å²) < 4.78 is 6.17. The van der Waals surface area contributed by atoms with Gasteiger partial charge in [0.15, 0.2) is 0 Å². The molecule has 0 radical (unpaired) electrons. The fraction of sp³-hybridized carbons (Fsp3) is 0.364. The Hall–Kier alpha value is -1.07. The number of hydrogen-bond acceptors (Lipinski definition) is 2. The number of carboxylic acid groups (broad SMARTS) is 1. The molecule has 0 fully saturated rings. The largest absolute Gasteiger partial charge is 0.465 e. The van der Waals surface area contributed by atoms with Crippen molar-refractivity contribution in [3.63, 3.8) is 0 Å². The van der Waals surface area contributed by atoms with Gasteiger partial charge in [0.2, 0.25) is 0 Å². The molecule has 0 aliphatic heterocycles. The average molecular weight is 288 g/mol. The second-order valence-electron chi connectivity index (χ2n) is 3.22. The van der Waals surface area contributed by atoms with Gasteiger partial charge in [-0.25, -0.2) is 4.79 Å². The van der Waals surface area contributed by atoms with Gasteiger partial charge in [0, 0.05) is 11.1 Å². The van der Waals surface area contributed by atoms with Crippen LogP contribution in [0.4, 0.5) is 4.79 Å². The lowest BCUT2D eigenvalue weighted by atomic mass is 10.1. The Morgan fingerprint density at radius 1 is 1.62 bits per heavy atom. The summed E-state index contributed by atoms with van der Waals surface area (Å²) in [5.41, 5.74) is 0.880. The lowest BCUT2D eigenvalue weighted by molar-refractivity contribution is 0.118. The summed E-state index contributed by atoms with van der Waals surface area (Å²) in [6.45, 7) is 2.77. The molecule has 1 amide bonds. The van der Waals surface area contributed by atoms with E-state index in [2.05, 4.69) is 21.2 Å². The number of ether oxygens (including phenoxy) is 1. The van der Waals surface area contributed by atoms with Crippen LogP contribution in [0.3, 0.4) is 0 Å². The molecule has 88 valence electrons. The highest BCUT2D eigenvalue weighted by Crippen LogP contribution is 2.18. The quantitative estimate of drug-likeness (QED) is 0.876. The summed E-state index contributed by atoms with van der Waals surface area (Å²) in [6.07, 6.45) is -1.05. The lowest BCUT2D eigenvalue weighted by Gasteiger charge is -2.17. The molecule has 1 aromatic carbocycles. The van der Waals surface area contributed by atoms with Crippen molar-refractivity contribution in [3.8, 4) is 0 Å². The van der Waals surface area contributed by atoms with E-state index >= 15 is 0 Å². The zero-order chi connectivity index (χ0) is 12.0. The van der Waals surface area contributed by atoms with Crippen molar-refractivity contribution in [2.45, 2.75) is 13.0 Å². The smallest absolute Gasteiger partial charge is 0.405 e. The van der Waals surface area contributed by atoms with E-state index in [0.29, 0.717) is 13.2 Å². The summed E-state index contributed by atoms with van der Waals surface area (Å²) in [7, 11) is 0. The van der Waals surface area contributed by atoms with Crippen LogP contribution in [-0.4, -0.2) is 24.4 Å². The predicted molar refractivity (Wildman–Crippen MR) is 64.5 cm³/mol. The SMILES string of the molecule is CCOCC(NC(=O)O)c1cccc(Br)c1. The monoisotopic (exact) mass is 287 g/mol. The highest BCUT2D eigenvalue weighted by Gasteiger charge is 2.14. The average Bonchev–Trinajstić information content (AvgIpc) is 2.23. The van der Waals surface area contributed by atoms with Crippen molar-refractivity contribution in [3.05, 3.63) is 34.3 Å². The van der Waals surface area contributed by atoms with Crippen LogP contribution in [0.15, 0.2) is 28.7 Å². The Morgan fingerprint density at radius 3 is 2.94 bits per heavy atom. The Morgan fingerprint density at radius 2 is 2.38 bits per heavy atom. The first-order valence-electron chi connectivity index (χ1n) is 4.96. The van der Waals surface area contributed by atoms with E-state index < -0.39 is 6.09 Å². The summed E-state index contributed by atoms with van der Waals surface area (Å²) in [6, 6.07) is 7.16. The third-order valence-corrected chi connectivity index (χ3v) is 2.53. The molecule has 2 N–H and O–H groups in total. The van der Waals surface area contributed by atoms with Gasteiger partial charge in [-0.1, -0.05) is 28.1 Å². The summed E-state index contributed by atoms with van der Waals surface area (Å²) in [5, 5.41) is 11.2. The van der Waals surface area contributed by atoms with Crippen molar-refractivity contribution >= 4 is 22.0 Å². The van der Waals surface area contributed by atoms with Crippen molar-refractivity contribution in [2.75, 3.05) is 13.2 Å². The molecule has 16 heavy (non-hydrogen) atoms. The normalized spacial score (nSPS) is 12.1. The molecule has 0 saturated heterocycles. The van der Waals surface area contributed by atoms with Gasteiger partial charge in [-0.2, -0.15) is 0 Å². The molecule has 1 atom stereocenters. The summed E-state index contributed by atoms with van der Waals surface area (Å²) in [4.78, 5) is 10.7. The number of halogens is 1. The van der Waals surface area contributed by atoms with Gasteiger partial charge in [0.05, 0.1) is 12.6 Å². The molecule has 0 aliphatic carbocycles. The summed E-state index contributed by atoms with van der Waals surface area (Å²) in [5.74, 6) is 0. The van der Waals surface area contributed by atoms with E-state index in [1.165, 1.54) is 0 Å². The maximum atomic E-state index is 10.7. The first-order valence-corrected chi connectivity index (χ1v) is 5.75. The van der Waals surface area contributed by atoms with Crippen LogP contribution in [0.2, 0.25) is 0 Å². The first-order chi connectivity index (χ1) is 7.63. The van der Waals surface area contributed by atoms with Crippen LogP contribution in [0.25, 0.3) is 0 Å². The molecule has 5 heteroatoms. The number of nitrogens with one attached hydrogen (secondary N) is 1. The van der Waals surface area contributed by atoms with Gasteiger partial charge in [0.1, 0.15) is 0 Å². The second-order valence-corrected chi connectivity index (χ2v) is 4.13. The second kappa shape index (κ2) is 6.50. The molecule has 0 saturated carbocycles. The number of carbonyl (C=O) groups is 1. The number of hydrogen-bond donors (Lipinski definition) is 2. The van der Waals surface area contributed by atoms with E-state index in [4.69, 9.17) is 9.84 Å². The molecule has 1 rings (SSSR count). The van der Waals surface area contributed by atoms with Gasteiger partial charge < -0.3 is 15.2 Å². The van der Waals surface area contributed by atoms with Gasteiger partial charge in [-0.15, -0.1) is 0 Å². The Kier molecular flexibility index (Phi) is 5.28. The van der Waals surface area contributed by atoms with Crippen molar-refractivity contribution in [1.82, 2.24) is 5.32 Å². The molecule has 1 aromatic rings. The lowest BCUT2D eigenvalue weighted by Crippen LogP contribution is -2.30. The van der Waals surface area contributed by atoms with Gasteiger partial charge in [-0.3, -0.25) is 0 Å². The predicted octanol–water partition coefficient (Wildman–Crippen LogP) is 2.79. The van der Waals surface area contributed by atoms with Crippen molar-refractivity contribution in [2.24, 2.45) is 0 Å². The number of benzene rings is 1. The maximum absolute atomic E-state index is 10.7.